The minimum absolute atomic E-state index is 0.409. The summed E-state index contributed by atoms with van der Waals surface area (Å²) in [5.74, 6) is 0.852. The van der Waals surface area contributed by atoms with Crippen molar-refractivity contribution in [3.05, 3.63) is 28.8 Å². The quantitative estimate of drug-likeness (QED) is 0.599. The van der Waals surface area contributed by atoms with Crippen LogP contribution in [0.3, 0.4) is 0 Å². The van der Waals surface area contributed by atoms with Gasteiger partial charge >= 0.3 is 0 Å². The monoisotopic (exact) mass is 302 g/mol. The van der Waals surface area contributed by atoms with Crippen LogP contribution in [0.15, 0.2) is 17.0 Å². The van der Waals surface area contributed by atoms with Crippen molar-refractivity contribution >= 4 is 22.0 Å². The van der Waals surface area contributed by atoms with Crippen LogP contribution < -0.4 is 9.86 Å². The summed E-state index contributed by atoms with van der Waals surface area (Å²) in [6.07, 6.45) is 1.71. The summed E-state index contributed by atoms with van der Waals surface area (Å²) >= 11 is 1.29. The molecule has 1 rings (SSSR count). The van der Waals surface area contributed by atoms with Gasteiger partial charge < -0.3 is 0 Å². The molecule has 19 heavy (non-hydrogen) atoms. The number of hydrogen-bond donors (Lipinski definition) is 2. The molecular formula is C13H22N2O2S2. The van der Waals surface area contributed by atoms with E-state index in [2.05, 4.69) is 4.72 Å². The van der Waals surface area contributed by atoms with Gasteiger partial charge in [-0.05, 0) is 44.7 Å². The van der Waals surface area contributed by atoms with E-state index in [1.807, 2.05) is 32.9 Å². The predicted molar refractivity (Wildman–Crippen MR) is 81.7 cm³/mol. The summed E-state index contributed by atoms with van der Waals surface area (Å²) < 4.78 is 27.2. The molecule has 0 atom stereocenters. The summed E-state index contributed by atoms with van der Waals surface area (Å²) in [7, 11) is -3.41. The number of sulfonamides is 1. The third-order valence-corrected chi connectivity index (χ3v) is 5.14. The first-order chi connectivity index (χ1) is 8.88. The summed E-state index contributed by atoms with van der Waals surface area (Å²) in [6, 6.07) is 3.79. The maximum absolute atomic E-state index is 12.3. The third-order valence-electron chi connectivity index (χ3n) is 2.85. The smallest absolute Gasteiger partial charge is 0.241 e. The first-order valence-corrected chi connectivity index (χ1v) is 8.81. The molecule has 0 fully saturated rings. The van der Waals surface area contributed by atoms with Crippen LogP contribution in [-0.4, -0.2) is 20.7 Å². The summed E-state index contributed by atoms with van der Waals surface area (Å²) in [4.78, 5) is 0.409. The maximum atomic E-state index is 12.3. The molecule has 0 radical (unpaired) electrons. The van der Waals surface area contributed by atoms with Crippen LogP contribution in [0.2, 0.25) is 0 Å². The van der Waals surface area contributed by atoms with Crippen LogP contribution >= 0.6 is 11.9 Å². The molecule has 1 aromatic carbocycles. The molecule has 0 saturated carbocycles. The summed E-state index contributed by atoms with van der Waals surface area (Å²) in [5, 5.41) is 5.32. The Morgan fingerprint density at radius 1 is 1.16 bits per heavy atom. The Morgan fingerprint density at radius 2 is 1.74 bits per heavy atom. The minimum atomic E-state index is -3.41. The van der Waals surface area contributed by atoms with E-state index in [-0.39, 0.29) is 0 Å². The van der Waals surface area contributed by atoms with Crippen LogP contribution in [0.25, 0.3) is 0 Å². The number of unbranched alkanes of at least 4 members (excludes halogenated alkanes) is 1. The molecule has 0 spiro atoms. The number of benzene rings is 1. The fourth-order valence-corrected chi connectivity index (χ4v) is 4.07. The lowest BCUT2D eigenvalue weighted by Crippen LogP contribution is -2.26. The fourth-order valence-electron chi connectivity index (χ4n) is 2.18. The lowest BCUT2D eigenvalue weighted by molar-refractivity contribution is 0.577. The average Bonchev–Trinajstić information content (AvgIpc) is 2.26. The first-order valence-electron chi connectivity index (χ1n) is 6.27. The van der Waals surface area contributed by atoms with Gasteiger partial charge in [-0.25, -0.2) is 13.1 Å². The Morgan fingerprint density at radius 3 is 2.26 bits per heavy atom. The number of hydrogen-bond acceptors (Lipinski definition) is 4. The second-order valence-electron chi connectivity index (χ2n) is 4.70. The van der Waals surface area contributed by atoms with Crippen molar-refractivity contribution in [2.24, 2.45) is 5.14 Å². The van der Waals surface area contributed by atoms with Crippen LogP contribution in [0.4, 0.5) is 0 Å². The van der Waals surface area contributed by atoms with Crippen molar-refractivity contribution < 1.29 is 8.42 Å². The largest absolute Gasteiger partial charge is 0.278 e. The van der Waals surface area contributed by atoms with Crippen molar-refractivity contribution in [2.45, 2.75) is 38.5 Å². The van der Waals surface area contributed by atoms with E-state index in [0.717, 1.165) is 35.3 Å². The molecule has 0 saturated heterocycles. The van der Waals surface area contributed by atoms with Gasteiger partial charge in [-0.2, -0.15) is 0 Å². The molecule has 4 nitrogen and oxygen atoms in total. The molecule has 6 heteroatoms. The van der Waals surface area contributed by atoms with Gasteiger partial charge in [0.1, 0.15) is 0 Å². The zero-order chi connectivity index (χ0) is 14.5. The highest BCUT2D eigenvalue weighted by Crippen LogP contribution is 2.21. The van der Waals surface area contributed by atoms with Gasteiger partial charge in [0.25, 0.3) is 0 Å². The molecule has 108 valence electrons. The van der Waals surface area contributed by atoms with Crippen molar-refractivity contribution in [1.82, 2.24) is 4.72 Å². The van der Waals surface area contributed by atoms with Gasteiger partial charge in [-0.3, -0.25) is 5.14 Å². The van der Waals surface area contributed by atoms with Crippen LogP contribution in [0, 0.1) is 20.8 Å². The lowest BCUT2D eigenvalue weighted by atomic mass is 10.1. The predicted octanol–water partition coefficient (Wildman–Crippen LogP) is 2.28. The van der Waals surface area contributed by atoms with E-state index in [0.29, 0.717) is 11.4 Å². The molecule has 0 unspecified atom stereocenters. The second kappa shape index (κ2) is 7.28. The molecule has 0 aliphatic rings. The Kier molecular flexibility index (Phi) is 6.32. The summed E-state index contributed by atoms with van der Waals surface area (Å²) in [5.41, 5.74) is 2.67. The molecule has 0 aromatic heterocycles. The maximum Gasteiger partial charge on any atom is 0.241 e. The first kappa shape index (κ1) is 16.5. The number of rotatable bonds is 7. The molecular weight excluding hydrogens is 280 g/mol. The van der Waals surface area contributed by atoms with Gasteiger partial charge in [-0.15, -0.1) is 0 Å². The topological polar surface area (TPSA) is 72.2 Å². The van der Waals surface area contributed by atoms with Gasteiger partial charge in [0.15, 0.2) is 0 Å². The normalized spacial score (nSPS) is 11.8. The molecule has 0 amide bonds. The lowest BCUT2D eigenvalue weighted by Gasteiger charge is -2.13. The highest BCUT2D eigenvalue weighted by Gasteiger charge is 2.18. The number of nitrogens with one attached hydrogen (secondary N) is 1. The Balaban J connectivity index is 2.78. The SMILES string of the molecule is Cc1cc(C)c(S(=O)(=O)NCCCCSN)c(C)c1. The van der Waals surface area contributed by atoms with E-state index in [9.17, 15) is 8.42 Å². The highest BCUT2D eigenvalue weighted by atomic mass is 32.2. The Hall–Kier alpha value is -0.560. The zero-order valence-corrected chi connectivity index (χ0v) is 13.3. The van der Waals surface area contributed by atoms with Crippen molar-refractivity contribution in [1.29, 1.82) is 0 Å². The molecule has 0 bridgehead atoms. The molecule has 1 aromatic rings. The van der Waals surface area contributed by atoms with Crippen molar-refractivity contribution in [2.75, 3.05) is 12.3 Å². The van der Waals surface area contributed by atoms with Crippen molar-refractivity contribution in [3.8, 4) is 0 Å². The highest BCUT2D eigenvalue weighted by molar-refractivity contribution is 7.97. The number of nitrogens with two attached hydrogens (primary N) is 1. The van der Waals surface area contributed by atoms with Gasteiger partial charge in [0.05, 0.1) is 4.90 Å². The standard InChI is InChI=1S/C13H22N2O2S2/c1-10-8-11(2)13(12(3)9-10)19(16,17)15-6-4-5-7-18-14/h8-9,15H,4-7,14H2,1-3H3. The van der Waals surface area contributed by atoms with E-state index in [4.69, 9.17) is 5.14 Å². The Labute approximate surface area is 120 Å². The van der Waals surface area contributed by atoms with Crippen LogP contribution in [0.5, 0.6) is 0 Å². The summed E-state index contributed by atoms with van der Waals surface area (Å²) in [6.45, 7) is 6.09. The molecule has 0 heterocycles. The third kappa shape index (κ3) is 4.80. The van der Waals surface area contributed by atoms with E-state index in [1.54, 1.807) is 0 Å². The fraction of sp³-hybridized carbons (Fsp3) is 0.538. The molecule has 0 aliphatic carbocycles. The second-order valence-corrected chi connectivity index (χ2v) is 7.15. The Bertz CT molecular complexity index is 504. The van der Waals surface area contributed by atoms with Crippen molar-refractivity contribution in [3.63, 3.8) is 0 Å². The van der Waals surface area contributed by atoms with Crippen LogP contribution in [0.1, 0.15) is 29.5 Å². The van der Waals surface area contributed by atoms with E-state index in [1.165, 1.54) is 11.9 Å². The van der Waals surface area contributed by atoms with Crippen LogP contribution in [-0.2, 0) is 10.0 Å². The minimum Gasteiger partial charge on any atom is -0.278 e. The zero-order valence-electron chi connectivity index (χ0n) is 11.7. The average molecular weight is 302 g/mol. The van der Waals surface area contributed by atoms with E-state index >= 15 is 0 Å². The van der Waals surface area contributed by atoms with Gasteiger partial charge in [-0.1, -0.05) is 29.6 Å². The van der Waals surface area contributed by atoms with Gasteiger partial charge in [0.2, 0.25) is 10.0 Å². The molecule has 3 N–H and O–H groups in total. The van der Waals surface area contributed by atoms with E-state index < -0.39 is 10.0 Å². The van der Waals surface area contributed by atoms with Gasteiger partial charge in [0, 0.05) is 12.3 Å². The molecule has 0 aliphatic heterocycles. The number of aryl methyl sites for hydroxylation is 3.